The van der Waals surface area contributed by atoms with E-state index in [0.29, 0.717) is 5.33 Å². The normalized spacial score (nSPS) is 41.8. The van der Waals surface area contributed by atoms with Crippen molar-refractivity contribution in [1.82, 2.24) is 0 Å². The molecule has 1 aliphatic heterocycles. The Bertz CT molecular complexity index is 192. The lowest BCUT2D eigenvalue weighted by molar-refractivity contribution is -0.295. The molecule has 0 aromatic rings. The molecule has 0 spiro atoms. The summed E-state index contributed by atoms with van der Waals surface area (Å²) < 4.78 is 9.99. The molecule has 0 unspecified atom stereocenters. The van der Waals surface area contributed by atoms with Crippen LogP contribution in [0.2, 0.25) is 0 Å². The highest BCUT2D eigenvalue weighted by molar-refractivity contribution is 9.09. The molecule has 0 aromatic carbocycles. The second-order valence-corrected chi connectivity index (χ2v) is 4.05. The van der Waals surface area contributed by atoms with Gasteiger partial charge in [-0.2, -0.15) is 0 Å². The van der Waals surface area contributed by atoms with Crippen LogP contribution in [0.4, 0.5) is 0 Å². The van der Waals surface area contributed by atoms with Crippen LogP contribution in [0, 0.1) is 0 Å². The second-order valence-electron chi connectivity index (χ2n) is 3.25. The monoisotopic (exact) mass is 286 g/mol. The van der Waals surface area contributed by atoms with E-state index in [1.807, 2.05) is 0 Å². The molecule has 0 bridgehead atoms. The zero-order valence-corrected chi connectivity index (χ0v) is 9.58. The third-order valence-corrected chi connectivity index (χ3v) is 2.55. The van der Waals surface area contributed by atoms with E-state index in [1.165, 1.54) is 0 Å². The fourth-order valence-electron chi connectivity index (χ4n) is 1.43. The lowest BCUT2D eigenvalue weighted by atomic mass is 9.99. The van der Waals surface area contributed by atoms with E-state index in [-0.39, 0.29) is 6.61 Å². The van der Waals surface area contributed by atoms with Gasteiger partial charge in [0.15, 0.2) is 6.29 Å². The van der Waals surface area contributed by atoms with E-state index in [4.69, 9.17) is 14.6 Å². The van der Waals surface area contributed by atoms with Crippen molar-refractivity contribution >= 4 is 15.9 Å². The zero-order valence-electron chi connectivity index (χ0n) is 7.99. The third kappa shape index (κ3) is 3.10. The van der Waals surface area contributed by atoms with Crippen molar-refractivity contribution in [3.8, 4) is 0 Å². The largest absolute Gasteiger partial charge is 0.394 e. The fourth-order valence-corrected chi connectivity index (χ4v) is 1.62. The number of rotatable bonds is 4. The highest BCUT2D eigenvalue weighted by Crippen LogP contribution is 2.21. The van der Waals surface area contributed by atoms with Crippen molar-refractivity contribution in [3.05, 3.63) is 0 Å². The number of alkyl halides is 1. The lowest BCUT2D eigenvalue weighted by Gasteiger charge is -2.39. The predicted molar refractivity (Wildman–Crippen MR) is 53.5 cm³/mol. The maximum Gasteiger partial charge on any atom is 0.184 e. The number of aliphatic hydroxyl groups is 4. The Morgan fingerprint density at radius 3 is 2.40 bits per heavy atom. The van der Waals surface area contributed by atoms with E-state index in [9.17, 15) is 15.3 Å². The molecule has 1 rings (SSSR count). The number of hydrogen-bond donors (Lipinski definition) is 4. The molecule has 0 aromatic heterocycles. The molecule has 1 aliphatic rings. The molecule has 6 nitrogen and oxygen atoms in total. The SMILES string of the molecule is OC[C@H]1O[C@@H](O)[C@H](OCCBr)[C@@H](O)[C@@H]1O. The van der Waals surface area contributed by atoms with Crippen LogP contribution in [0.3, 0.4) is 0 Å². The highest BCUT2D eigenvalue weighted by Gasteiger charge is 2.44. The summed E-state index contributed by atoms with van der Waals surface area (Å²) in [6.07, 6.45) is -5.87. The number of ether oxygens (including phenoxy) is 2. The maximum absolute atomic E-state index is 9.59. The number of aliphatic hydroxyl groups excluding tert-OH is 4. The van der Waals surface area contributed by atoms with Gasteiger partial charge in [0.1, 0.15) is 24.4 Å². The smallest absolute Gasteiger partial charge is 0.184 e. The summed E-state index contributed by atoms with van der Waals surface area (Å²) in [7, 11) is 0. The van der Waals surface area contributed by atoms with Crippen LogP contribution in [-0.2, 0) is 9.47 Å². The van der Waals surface area contributed by atoms with Crippen molar-refractivity contribution in [2.45, 2.75) is 30.7 Å². The Labute approximate surface area is 95.6 Å². The lowest BCUT2D eigenvalue weighted by Crippen LogP contribution is -2.59. The Morgan fingerprint density at radius 1 is 1.20 bits per heavy atom. The summed E-state index contributed by atoms with van der Waals surface area (Å²) in [6, 6.07) is 0. The first-order valence-electron chi connectivity index (χ1n) is 4.60. The van der Waals surface area contributed by atoms with E-state index in [1.54, 1.807) is 0 Å². The maximum atomic E-state index is 9.59. The molecule has 5 atom stereocenters. The van der Waals surface area contributed by atoms with Gasteiger partial charge < -0.3 is 29.9 Å². The van der Waals surface area contributed by atoms with Crippen LogP contribution >= 0.6 is 15.9 Å². The van der Waals surface area contributed by atoms with Gasteiger partial charge in [-0.1, -0.05) is 15.9 Å². The summed E-state index contributed by atoms with van der Waals surface area (Å²) in [5.74, 6) is 0. The summed E-state index contributed by atoms with van der Waals surface area (Å²) >= 11 is 3.13. The topological polar surface area (TPSA) is 99.4 Å². The first kappa shape index (κ1) is 13.3. The Balaban J connectivity index is 2.58. The van der Waals surface area contributed by atoms with Gasteiger partial charge in [-0.05, 0) is 0 Å². The standard InChI is InChI=1S/C8H15BrO6/c9-1-2-14-7-6(12)5(11)4(3-10)15-8(7)13/h4-8,10-13H,1-3H2/t4-,5-,6+,7-,8-/m1/s1. The highest BCUT2D eigenvalue weighted by atomic mass is 79.9. The average molecular weight is 287 g/mol. The van der Waals surface area contributed by atoms with Crippen LogP contribution in [0.5, 0.6) is 0 Å². The van der Waals surface area contributed by atoms with Gasteiger partial charge in [0, 0.05) is 5.33 Å². The summed E-state index contributed by atoms with van der Waals surface area (Å²) in [5.41, 5.74) is 0. The molecule has 1 saturated heterocycles. The third-order valence-electron chi connectivity index (χ3n) is 2.23. The van der Waals surface area contributed by atoms with Gasteiger partial charge in [-0.15, -0.1) is 0 Å². The van der Waals surface area contributed by atoms with E-state index < -0.39 is 37.3 Å². The van der Waals surface area contributed by atoms with Crippen molar-refractivity contribution < 1.29 is 29.9 Å². The summed E-state index contributed by atoms with van der Waals surface area (Å²) in [5, 5.41) is 37.9. The zero-order chi connectivity index (χ0) is 11.4. The summed E-state index contributed by atoms with van der Waals surface area (Å²) in [6.45, 7) is -0.195. The quantitative estimate of drug-likeness (QED) is 0.455. The molecule has 0 amide bonds. The summed E-state index contributed by atoms with van der Waals surface area (Å²) in [4.78, 5) is 0. The minimum Gasteiger partial charge on any atom is -0.394 e. The van der Waals surface area contributed by atoms with E-state index in [2.05, 4.69) is 15.9 Å². The molecule has 90 valence electrons. The Hall–Kier alpha value is 0.240. The van der Waals surface area contributed by atoms with Gasteiger partial charge in [-0.25, -0.2) is 0 Å². The van der Waals surface area contributed by atoms with Crippen molar-refractivity contribution in [3.63, 3.8) is 0 Å². The molecule has 1 heterocycles. The van der Waals surface area contributed by atoms with Crippen LogP contribution in [0.1, 0.15) is 0 Å². The van der Waals surface area contributed by atoms with Crippen molar-refractivity contribution in [1.29, 1.82) is 0 Å². The molecular weight excluding hydrogens is 272 g/mol. The van der Waals surface area contributed by atoms with Crippen LogP contribution in [0.15, 0.2) is 0 Å². The minimum absolute atomic E-state index is 0.276. The molecule has 0 aliphatic carbocycles. The van der Waals surface area contributed by atoms with Gasteiger partial charge in [0.25, 0.3) is 0 Å². The van der Waals surface area contributed by atoms with Crippen LogP contribution < -0.4 is 0 Å². The predicted octanol–water partition coefficient (Wildman–Crippen LogP) is -1.80. The molecular formula is C8H15BrO6. The molecule has 7 heteroatoms. The van der Waals surface area contributed by atoms with E-state index in [0.717, 1.165) is 0 Å². The Kier molecular flexibility index (Phi) is 5.41. The fraction of sp³-hybridized carbons (Fsp3) is 1.00. The first-order chi connectivity index (χ1) is 7.11. The van der Waals surface area contributed by atoms with Crippen molar-refractivity contribution in [2.75, 3.05) is 18.5 Å². The first-order valence-corrected chi connectivity index (χ1v) is 5.72. The number of halogens is 1. The molecule has 15 heavy (non-hydrogen) atoms. The van der Waals surface area contributed by atoms with Crippen molar-refractivity contribution in [2.24, 2.45) is 0 Å². The van der Waals surface area contributed by atoms with Gasteiger partial charge in [0.2, 0.25) is 0 Å². The Morgan fingerprint density at radius 2 is 1.87 bits per heavy atom. The average Bonchev–Trinajstić information content (AvgIpc) is 2.23. The van der Waals surface area contributed by atoms with Crippen LogP contribution in [0.25, 0.3) is 0 Å². The molecule has 1 fully saturated rings. The van der Waals surface area contributed by atoms with Crippen LogP contribution in [-0.4, -0.2) is 69.7 Å². The van der Waals surface area contributed by atoms with Gasteiger partial charge >= 0.3 is 0 Å². The molecule has 0 radical (unpaired) electrons. The van der Waals surface area contributed by atoms with Gasteiger partial charge in [0.05, 0.1) is 13.2 Å². The number of hydrogen-bond acceptors (Lipinski definition) is 6. The van der Waals surface area contributed by atoms with E-state index >= 15 is 0 Å². The van der Waals surface area contributed by atoms with Gasteiger partial charge in [-0.3, -0.25) is 0 Å². The second kappa shape index (κ2) is 6.09. The molecule has 0 saturated carbocycles. The minimum atomic E-state index is -1.35. The molecule has 4 N–H and O–H groups in total.